The Morgan fingerprint density at radius 3 is 2.93 bits per heavy atom. The average Bonchev–Trinajstić information content (AvgIpc) is 2.18. The first-order chi connectivity index (χ1) is 7.15. The molecule has 15 heavy (non-hydrogen) atoms. The van der Waals surface area contributed by atoms with E-state index in [-0.39, 0.29) is 5.92 Å². The predicted octanol–water partition coefficient (Wildman–Crippen LogP) is 2.04. The summed E-state index contributed by atoms with van der Waals surface area (Å²) in [5, 5.41) is 12.2. The lowest BCUT2D eigenvalue weighted by molar-refractivity contribution is -0.141. The molecule has 0 aromatic rings. The Hall–Kier alpha value is -0.830. The fraction of sp³-hybridized carbons (Fsp3) is 0.750. The third kappa shape index (κ3) is 3.67. The van der Waals surface area contributed by atoms with Crippen LogP contribution in [0.2, 0.25) is 0 Å². The van der Waals surface area contributed by atoms with Crippen LogP contribution in [0.1, 0.15) is 32.6 Å². The van der Waals surface area contributed by atoms with Gasteiger partial charge in [-0.25, -0.2) is 0 Å². The minimum atomic E-state index is -0.726. The Bertz CT molecular complexity index is 228. The van der Waals surface area contributed by atoms with Gasteiger partial charge in [0.15, 0.2) is 0 Å². The van der Waals surface area contributed by atoms with Crippen molar-refractivity contribution in [2.75, 3.05) is 6.54 Å². The van der Waals surface area contributed by atoms with Crippen molar-refractivity contribution in [1.82, 2.24) is 5.32 Å². The summed E-state index contributed by atoms with van der Waals surface area (Å²) in [4.78, 5) is 11.1. The number of carboxylic acid groups (broad SMARTS) is 1. The van der Waals surface area contributed by atoms with Crippen LogP contribution in [0.4, 0.5) is 0 Å². The fourth-order valence-corrected chi connectivity index (χ4v) is 2.45. The zero-order chi connectivity index (χ0) is 11.3. The summed E-state index contributed by atoms with van der Waals surface area (Å²) in [5.74, 6) is 0.221. The molecule has 0 aromatic carbocycles. The van der Waals surface area contributed by atoms with Crippen molar-refractivity contribution < 1.29 is 9.90 Å². The van der Waals surface area contributed by atoms with Crippen LogP contribution in [0.25, 0.3) is 0 Å². The normalized spacial score (nSPS) is 28.3. The molecule has 3 nitrogen and oxygen atoms in total. The molecule has 1 aliphatic carbocycles. The Kier molecular flexibility index (Phi) is 4.82. The molecular formula is C12H21NO2. The van der Waals surface area contributed by atoms with E-state index in [2.05, 4.69) is 18.8 Å². The second kappa shape index (κ2) is 5.91. The number of hydrogen-bond acceptors (Lipinski definition) is 2. The van der Waals surface area contributed by atoms with Crippen LogP contribution in [0.3, 0.4) is 0 Å². The van der Waals surface area contributed by atoms with Gasteiger partial charge < -0.3 is 10.4 Å². The van der Waals surface area contributed by atoms with Gasteiger partial charge in [0.25, 0.3) is 0 Å². The van der Waals surface area contributed by atoms with Crippen molar-refractivity contribution in [1.29, 1.82) is 0 Å². The van der Waals surface area contributed by atoms with Gasteiger partial charge in [-0.1, -0.05) is 25.8 Å². The van der Waals surface area contributed by atoms with E-state index in [4.69, 9.17) is 5.11 Å². The van der Waals surface area contributed by atoms with Crippen LogP contribution < -0.4 is 5.32 Å². The monoisotopic (exact) mass is 211 g/mol. The lowest BCUT2D eigenvalue weighted by atomic mass is 9.78. The highest BCUT2D eigenvalue weighted by Crippen LogP contribution is 2.30. The molecule has 1 saturated carbocycles. The highest BCUT2D eigenvalue weighted by molar-refractivity contribution is 5.73. The van der Waals surface area contributed by atoms with Crippen LogP contribution in [0.5, 0.6) is 0 Å². The molecule has 1 rings (SSSR count). The number of hydrogen-bond donors (Lipinski definition) is 2. The van der Waals surface area contributed by atoms with Gasteiger partial charge in [0.2, 0.25) is 0 Å². The summed E-state index contributed by atoms with van der Waals surface area (Å²) in [6, 6.07) is -0.397. The van der Waals surface area contributed by atoms with Crippen molar-refractivity contribution in [2.24, 2.45) is 11.8 Å². The number of aliphatic carboxylic acids is 1. The second-order valence-electron chi connectivity index (χ2n) is 4.54. The first-order valence-electron chi connectivity index (χ1n) is 5.72. The summed E-state index contributed by atoms with van der Waals surface area (Å²) in [7, 11) is 0. The summed E-state index contributed by atoms with van der Waals surface area (Å²) in [6.45, 7) is 6.37. The smallest absolute Gasteiger partial charge is 0.320 e. The SMILES string of the molecule is C=CCNC(C(=O)O)C1CCCC(C)C1. The molecule has 0 aromatic heterocycles. The molecule has 2 N–H and O–H groups in total. The Morgan fingerprint density at radius 2 is 2.40 bits per heavy atom. The topological polar surface area (TPSA) is 49.3 Å². The van der Waals surface area contributed by atoms with Gasteiger partial charge in [-0.05, 0) is 24.7 Å². The van der Waals surface area contributed by atoms with Gasteiger partial charge in [0.05, 0.1) is 0 Å². The van der Waals surface area contributed by atoms with Crippen molar-refractivity contribution in [3.63, 3.8) is 0 Å². The van der Waals surface area contributed by atoms with Crippen molar-refractivity contribution in [3.8, 4) is 0 Å². The summed E-state index contributed by atoms with van der Waals surface area (Å²) in [6.07, 6.45) is 6.17. The van der Waals surface area contributed by atoms with Gasteiger partial charge in [0, 0.05) is 6.54 Å². The van der Waals surface area contributed by atoms with E-state index in [9.17, 15) is 4.79 Å². The van der Waals surface area contributed by atoms with Gasteiger partial charge >= 0.3 is 5.97 Å². The maximum atomic E-state index is 11.1. The summed E-state index contributed by atoms with van der Waals surface area (Å²) in [5.41, 5.74) is 0. The Balaban J connectivity index is 2.53. The largest absolute Gasteiger partial charge is 0.480 e. The van der Waals surface area contributed by atoms with Gasteiger partial charge in [-0.3, -0.25) is 4.79 Å². The number of rotatable bonds is 5. The lowest BCUT2D eigenvalue weighted by Gasteiger charge is -2.31. The van der Waals surface area contributed by atoms with E-state index in [1.165, 1.54) is 6.42 Å². The first kappa shape index (κ1) is 12.2. The number of carbonyl (C=O) groups is 1. The van der Waals surface area contributed by atoms with Crippen LogP contribution in [0, 0.1) is 11.8 Å². The van der Waals surface area contributed by atoms with Crippen molar-refractivity contribution in [2.45, 2.75) is 38.6 Å². The third-order valence-corrected chi connectivity index (χ3v) is 3.20. The van der Waals surface area contributed by atoms with E-state index in [1.54, 1.807) is 6.08 Å². The molecule has 0 amide bonds. The zero-order valence-corrected chi connectivity index (χ0v) is 9.41. The van der Waals surface area contributed by atoms with E-state index in [0.717, 1.165) is 19.3 Å². The third-order valence-electron chi connectivity index (χ3n) is 3.20. The average molecular weight is 211 g/mol. The highest BCUT2D eigenvalue weighted by atomic mass is 16.4. The van der Waals surface area contributed by atoms with Gasteiger partial charge in [-0.15, -0.1) is 6.58 Å². The van der Waals surface area contributed by atoms with E-state index >= 15 is 0 Å². The number of carboxylic acids is 1. The lowest BCUT2D eigenvalue weighted by Crippen LogP contribution is -2.44. The maximum Gasteiger partial charge on any atom is 0.320 e. The molecule has 0 saturated heterocycles. The van der Waals surface area contributed by atoms with Crippen molar-refractivity contribution in [3.05, 3.63) is 12.7 Å². The van der Waals surface area contributed by atoms with Crippen molar-refractivity contribution >= 4 is 5.97 Å². The van der Waals surface area contributed by atoms with E-state index in [0.29, 0.717) is 12.5 Å². The molecule has 1 aliphatic rings. The molecule has 0 aliphatic heterocycles. The van der Waals surface area contributed by atoms with E-state index < -0.39 is 12.0 Å². The van der Waals surface area contributed by atoms with Gasteiger partial charge in [0.1, 0.15) is 6.04 Å². The molecule has 86 valence electrons. The minimum Gasteiger partial charge on any atom is -0.480 e. The Morgan fingerprint density at radius 1 is 1.67 bits per heavy atom. The molecule has 3 unspecified atom stereocenters. The molecule has 0 heterocycles. The molecular weight excluding hydrogens is 190 g/mol. The maximum absolute atomic E-state index is 11.1. The van der Waals surface area contributed by atoms with Crippen LogP contribution in [-0.2, 0) is 4.79 Å². The minimum absolute atomic E-state index is 0.284. The molecule has 1 fully saturated rings. The molecule has 3 atom stereocenters. The number of nitrogens with one attached hydrogen (secondary N) is 1. The Labute approximate surface area is 91.6 Å². The quantitative estimate of drug-likeness (QED) is 0.684. The van der Waals surface area contributed by atoms with E-state index in [1.807, 2.05) is 0 Å². The predicted molar refractivity (Wildman–Crippen MR) is 60.7 cm³/mol. The zero-order valence-electron chi connectivity index (χ0n) is 9.41. The summed E-state index contributed by atoms with van der Waals surface area (Å²) < 4.78 is 0. The molecule has 3 heteroatoms. The van der Waals surface area contributed by atoms with Crippen LogP contribution in [0.15, 0.2) is 12.7 Å². The highest BCUT2D eigenvalue weighted by Gasteiger charge is 2.30. The second-order valence-corrected chi connectivity index (χ2v) is 4.54. The van der Waals surface area contributed by atoms with Crippen LogP contribution >= 0.6 is 0 Å². The molecule has 0 bridgehead atoms. The standard InChI is InChI=1S/C12H21NO2/c1-3-7-13-11(12(14)15)10-6-4-5-9(2)8-10/h3,9-11,13H,1,4-8H2,2H3,(H,14,15). The van der Waals surface area contributed by atoms with Crippen LogP contribution in [-0.4, -0.2) is 23.7 Å². The molecule has 0 spiro atoms. The fourth-order valence-electron chi connectivity index (χ4n) is 2.45. The van der Waals surface area contributed by atoms with Gasteiger partial charge in [-0.2, -0.15) is 0 Å². The molecule has 0 radical (unpaired) electrons. The summed E-state index contributed by atoms with van der Waals surface area (Å²) >= 11 is 0. The first-order valence-corrected chi connectivity index (χ1v) is 5.72.